The van der Waals surface area contributed by atoms with Gasteiger partial charge in [0.05, 0.1) is 6.42 Å². The molecule has 2 rings (SSSR count). The number of fused-ring (bicyclic) bond motifs is 1. The molecule has 0 aliphatic heterocycles. The average molecular weight is 246 g/mol. The summed E-state index contributed by atoms with van der Waals surface area (Å²) in [4.78, 5) is 11.9. The number of hydrogen-bond acceptors (Lipinski definition) is 2. The van der Waals surface area contributed by atoms with Crippen LogP contribution in [0.2, 0.25) is 0 Å². The van der Waals surface area contributed by atoms with Crippen molar-refractivity contribution in [1.29, 1.82) is 0 Å². The largest absolute Gasteiger partial charge is 0.481 e. The average Bonchev–Trinajstić information content (AvgIpc) is 2.29. The lowest BCUT2D eigenvalue weighted by molar-refractivity contribution is -0.136. The molecule has 2 nitrogen and oxygen atoms in total. The topological polar surface area (TPSA) is 37.3 Å². The van der Waals surface area contributed by atoms with Gasteiger partial charge in [0.25, 0.3) is 0 Å². The summed E-state index contributed by atoms with van der Waals surface area (Å²) in [5.74, 6) is 0.269. The molecule has 0 aliphatic carbocycles. The first kappa shape index (κ1) is 12.0. The molecular formula is C14H14O2S. The summed E-state index contributed by atoms with van der Waals surface area (Å²) in [5.41, 5.74) is 0.848. The number of carboxylic acid groups (broad SMARTS) is 1. The van der Waals surface area contributed by atoms with E-state index in [4.69, 9.17) is 5.11 Å². The van der Waals surface area contributed by atoms with Gasteiger partial charge in [-0.05, 0) is 34.2 Å². The van der Waals surface area contributed by atoms with Crippen LogP contribution in [-0.2, 0) is 11.2 Å². The maximum atomic E-state index is 10.6. The molecule has 0 saturated carbocycles. The summed E-state index contributed by atoms with van der Waals surface area (Å²) in [6.07, 6.45) is 0.0847. The van der Waals surface area contributed by atoms with Crippen molar-refractivity contribution in [2.24, 2.45) is 0 Å². The molecule has 0 atom stereocenters. The molecule has 0 heterocycles. The molecule has 0 aliphatic rings. The molecule has 0 aromatic heterocycles. The van der Waals surface area contributed by atoms with E-state index in [1.807, 2.05) is 30.0 Å². The first-order chi connectivity index (χ1) is 8.19. The van der Waals surface area contributed by atoms with Crippen molar-refractivity contribution in [3.63, 3.8) is 0 Å². The SMILES string of the molecule is CCSc1ccc2cc(CC(=O)O)ccc2c1. The normalized spacial score (nSPS) is 10.6. The van der Waals surface area contributed by atoms with E-state index in [1.165, 1.54) is 4.90 Å². The van der Waals surface area contributed by atoms with Crippen LogP contribution >= 0.6 is 11.8 Å². The Balaban J connectivity index is 2.36. The summed E-state index contributed by atoms with van der Waals surface area (Å²) in [5, 5.41) is 11.0. The summed E-state index contributed by atoms with van der Waals surface area (Å²) < 4.78 is 0. The Hall–Kier alpha value is -1.48. The Bertz CT molecular complexity index is 549. The maximum absolute atomic E-state index is 10.6. The maximum Gasteiger partial charge on any atom is 0.307 e. The lowest BCUT2D eigenvalue weighted by Gasteiger charge is -2.04. The van der Waals surface area contributed by atoms with Crippen molar-refractivity contribution in [2.75, 3.05) is 5.75 Å². The molecule has 17 heavy (non-hydrogen) atoms. The van der Waals surface area contributed by atoms with E-state index in [0.717, 1.165) is 22.1 Å². The van der Waals surface area contributed by atoms with Gasteiger partial charge in [0, 0.05) is 4.90 Å². The van der Waals surface area contributed by atoms with Crippen molar-refractivity contribution in [2.45, 2.75) is 18.2 Å². The lowest BCUT2D eigenvalue weighted by atomic mass is 10.1. The second-order valence-corrected chi connectivity index (χ2v) is 5.18. The fourth-order valence-electron chi connectivity index (χ4n) is 1.81. The molecule has 3 heteroatoms. The smallest absolute Gasteiger partial charge is 0.307 e. The molecule has 0 unspecified atom stereocenters. The monoisotopic (exact) mass is 246 g/mol. The van der Waals surface area contributed by atoms with E-state index in [-0.39, 0.29) is 6.42 Å². The van der Waals surface area contributed by atoms with E-state index in [2.05, 4.69) is 25.1 Å². The first-order valence-electron chi connectivity index (χ1n) is 5.56. The van der Waals surface area contributed by atoms with Crippen LogP contribution in [0.3, 0.4) is 0 Å². The molecule has 0 amide bonds. The molecule has 2 aromatic carbocycles. The highest BCUT2D eigenvalue weighted by Gasteiger charge is 2.02. The molecule has 0 fully saturated rings. The second kappa shape index (κ2) is 5.23. The van der Waals surface area contributed by atoms with Crippen molar-refractivity contribution in [3.05, 3.63) is 42.0 Å². The third-order valence-electron chi connectivity index (χ3n) is 2.54. The number of thioether (sulfide) groups is 1. The van der Waals surface area contributed by atoms with Crippen LogP contribution in [0.15, 0.2) is 41.3 Å². The highest BCUT2D eigenvalue weighted by molar-refractivity contribution is 7.99. The third-order valence-corrected chi connectivity index (χ3v) is 3.42. The van der Waals surface area contributed by atoms with E-state index < -0.39 is 5.97 Å². The van der Waals surface area contributed by atoms with Crippen LogP contribution in [0.5, 0.6) is 0 Å². The van der Waals surface area contributed by atoms with Crippen LogP contribution in [-0.4, -0.2) is 16.8 Å². The highest BCUT2D eigenvalue weighted by Crippen LogP contribution is 2.24. The van der Waals surface area contributed by atoms with Gasteiger partial charge < -0.3 is 5.11 Å². The van der Waals surface area contributed by atoms with Gasteiger partial charge in [-0.2, -0.15) is 0 Å². The third kappa shape index (κ3) is 3.01. The van der Waals surface area contributed by atoms with Crippen molar-refractivity contribution in [1.82, 2.24) is 0 Å². The summed E-state index contributed by atoms with van der Waals surface area (Å²) in [6.45, 7) is 2.13. The van der Waals surface area contributed by atoms with Gasteiger partial charge in [0.2, 0.25) is 0 Å². The zero-order valence-corrected chi connectivity index (χ0v) is 10.5. The predicted molar refractivity (Wildman–Crippen MR) is 71.7 cm³/mol. The molecule has 0 bridgehead atoms. The van der Waals surface area contributed by atoms with Gasteiger partial charge >= 0.3 is 5.97 Å². The molecule has 1 N–H and O–H groups in total. The highest BCUT2D eigenvalue weighted by atomic mass is 32.2. The van der Waals surface area contributed by atoms with Gasteiger partial charge in [-0.3, -0.25) is 4.79 Å². The summed E-state index contributed by atoms with van der Waals surface area (Å²) >= 11 is 1.81. The Morgan fingerprint density at radius 2 is 1.88 bits per heavy atom. The standard InChI is InChI=1S/C14H14O2S/c1-2-17-13-6-5-11-7-10(8-14(15)16)3-4-12(11)9-13/h3-7,9H,2,8H2,1H3,(H,15,16). The Morgan fingerprint density at radius 3 is 2.59 bits per heavy atom. The molecule has 88 valence electrons. The lowest BCUT2D eigenvalue weighted by Crippen LogP contribution is -1.99. The Labute approximate surface area is 105 Å². The van der Waals surface area contributed by atoms with Crippen molar-refractivity contribution in [3.8, 4) is 0 Å². The van der Waals surface area contributed by atoms with Crippen LogP contribution in [0, 0.1) is 0 Å². The number of aliphatic carboxylic acids is 1. The number of hydrogen-bond donors (Lipinski definition) is 1. The van der Waals surface area contributed by atoms with E-state index in [0.29, 0.717) is 0 Å². The van der Waals surface area contributed by atoms with Crippen LogP contribution < -0.4 is 0 Å². The van der Waals surface area contributed by atoms with Crippen LogP contribution in [0.1, 0.15) is 12.5 Å². The van der Waals surface area contributed by atoms with E-state index in [9.17, 15) is 4.79 Å². The van der Waals surface area contributed by atoms with Gasteiger partial charge in [0.15, 0.2) is 0 Å². The molecule has 0 spiro atoms. The van der Waals surface area contributed by atoms with E-state index in [1.54, 1.807) is 0 Å². The van der Waals surface area contributed by atoms with Crippen molar-refractivity contribution < 1.29 is 9.90 Å². The Morgan fingerprint density at radius 1 is 1.18 bits per heavy atom. The molecule has 2 aromatic rings. The fraction of sp³-hybridized carbons (Fsp3) is 0.214. The predicted octanol–water partition coefficient (Wildman–Crippen LogP) is 3.58. The molecule has 0 saturated heterocycles. The van der Waals surface area contributed by atoms with Gasteiger partial charge in [0.1, 0.15) is 0 Å². The van der Waals surface area contributed by atoms with Gasteiger partial charge in [-0.25, -0.2) is 0 Å². The zero-order chi connectivity index (χ0) is 12.3. The number of rotatable bonds is 4. The van der Waals surface area contributed by atoms with Crippen LogP contribution in [0.4, 0.5) is 0 Å². The Kier molecular flexibility index (Phi) is 3.69. The quantitative estimate of drug-likeness (QED) is 0.838. The summed E-state index contributed by atoms with van der Waals surface area (Å²) in [6, 6.07) is 12.1. The van der Waals surface area contributed by atoms with Crippen molar-refractivity contribution >= 4 is 28.5 Å². The number of benzene rings is 2. The molecule has 0 radical (unpaired) electrons. The van der Waals surface area contributed by atoms with Crippen LogP contribution in [0.25, 0.3) is 10.8 Å². The minimum atomic E-state index is -0.789. The minimum absolute atomic E-state index is 0.0847. The number of carboxylic acids is 1. The zero-order valence-electron chi connectivity index (χ0n) is 9.64. The minimum Gasteiger partial charge on any atom is -0.481 e. The van der Waals surface area contributed by atoms with Gasteiger partial charge in [-0.15, -0.1) is 11.8 Å². The molecular weight excluding hydrogens is 232 g/mol. The first-order valence-corrected chi connectivity index (χ1v) is 6.55. The van der Waals surface area contributed by atoms with Gasteiger partial charge in [-0.1, -0.05) is 31.2 Å². The fourth-order valence-corrected chi connectivity index (χ4v) is 2.52. The summed E-state index contributed by atoms with van der Waals surface area (Å²) in [7, 11) is 0. The second-order valence-electron chi connectivity index (χ2n) is 3.85. The van der Waals surface area contributed by atoms with E-state index >= 15 is 0 Å². The number of carbonyl (C=O) groups is 1.